The first-order valence-corrected chi connectivity index (χ1v) is 7.45. The zero-order valence-electron chi connectivity index (χ0n) is 11.2. The molecule has 1 heterocycles. The van der Waals surface area contributed by atoms with Crippen LogP contribution in [0.5, 0.6) is 0 Å². The molecule has 4 heteroatoms. The zero-order valence-corrected chi connectivity index (χ0v) is 12.8. The standard InChI is InChI=1S/C14H22BrN3/c1-10-4-3-7-14(8-10,9-16)18-13-6-5-12(15)11(2)17-13/h5-6,10H,3-4,7-9,16H2,1-2H3,(H,17,18). The van der Waals surface area contributed by atoms with Crippen LogP contribution in [0, 0.1) is 12.8 Å². The number of aromatic nitrogens is 1. The van der Waals surface area contributed by atoms with Gasteiger partial charge in [-0.1, -0.05) is 19.8 Å². The van der Waals surface area contributed by atoms with Gasteiger partial charge in [-0.05, 0) is 53.7 Å². The lowest BCUT2D eigenvalue weighted by Gasteiger charge is -2.40. The number of hydrogen-bond donors (Lipinski definition) is 2. The summed E-state index contributed by atoms with van der Waals surface area (Å²) in [5.74, 6) is 1.68. The molecule has 1 fully saturated rings. The molecule has 2 unspecified atom stereocenters. The third-order valence-electron chi connectivity index (χ3n) is 3.90. The molecule has 1 saturated carbocycles. The zero-order chi connectivity index (χ0) is 13.2. The highest BCUT2D eigenvalue weighted by Gasteiger charge is 2.33. The van der Waals surface area contributed by atoms with Crippen LogP contribution in [-0.2, 0) is 0 Å². The molecule has 1 aromatic rings. The van der Waals surface area contributed by atoms with Gasteiger partial charge in [0.2, 0.25) is 0 Å². The van der Waals surface area contributed by atoms with Gasteiger partial charge in [-0.15, -0.1) is 0 Å². The van der Waals surface area contributed by atoms with Gasteiger partial charge in [-0.3, -0.25) is 0 Å². The Hall–Kier alpha value is -0.610. The van der Waals surface area contributed by atoms with Crippen LogP contribution in [0.4, 0.5) is 5.82 Å². The predicted molar refractivity (Wildman–Crippen MR) is 79.7 cm³/mol. The molecule has 0 radical (unpaired) electrons. The minimum absolute atomic E-state index is 0.0327. The molecular weight excluding hydrogens is 290 g/mol. The molecule has 1 aliphatic rings. The molecule has 1 aliphatic carbocycles. The molecule has 0 saturated heterocycles. The summed E-state index contributed by atoms with van der Waals surface area (Å²) < 4.78 is 1.05. The number of pyridine rings is 1. The third kappa shape index (κ3) is 3.04. The topological polar surface area (TPSA) is 50.9 Å². The quantitative estimate of drug-likeness (QED) is 0.898. The fourth-order valence-corrected chi connectivity index (χ4v) is 3.12. The molecule has 1 aromatic heterocycles. The molecule has 0 bridgehead atoms. The van der Waals surface area contributed by atoms with E-state index in [-0.39, 0.29) is 5.54 Å². The summed E-state index contributed by atoms with van der Waals surface area (Å²) in [5, 5.41) is 3.59. The van der Waals surface area contributed by atoms with Crippen LogP contribution in [-0.4, -0.2) is 17.1 Å². The molecule has 0 aromatic carbocycles. The first kappa shape index (κ1) is 13.8. The van der Waals surface area contributed by atoms with Crippen LogP contribution in [0.25, 0.3) is 0 Å². The number of rotatable bonds is 3. The number of nitrogens with zero attached hydrogens (tertiary/aromatic N) is 1. The number of nitrogens with two attached hydrogens (primary N) is 1. The molecule has 2 rings (SSSR count). The second kappa shape index (κ2) is 5.57. The Kier molecular flexibility index (Phi) is 4.28. The van der Waals surface area contributed by atoms with Gasteiger partial charge in [-0.25, -0.2) is 4.98 Å². The first-order valence-electron chi connectivity index (χ1n) is 6.66. The number of hydrogen-bond acceptors (Lipinski definition) is 3. The minimum Gasteiger partial charge on any atom is -0.363 e. The number of anilines is 1. The molecule has 0 spiro atoms. The van der Waals surface area contributed by atoms with Crippen molar-refractivity contribution in [2.75, 3.05) is 11.9 Å². The van der Waals surface area contributed by atoms with Crippen molar-refractivity contribution < 1.29 is 0 Å². The lowest BCUT2D eigenvalue weighted by atomic mass is 9.76. The molecule has 18 heavy (non-hydrogen) atoms. The van der Waals surface area contributed by atoms with Crippen molar-refractivity contribution in [1.82, 2.24) is 4.98 Å². The summed E-state index contributed by atoms with van der Waals surface area (Å²) in [6, 6.07) is 4.06. The van der Waals surface area contributed by atoms with Crippen molar-refractivity contribution >= 4 is 21.7 Å². The van der Waals surface area contributed by atoms with E-state index >= 15 is 0 Å². The lowest BCUT2D eigenvalue weighted by molar-refractivity contribution is 0.263. The fraction of sp³-hybridized carbons (Fsp3) is 0.643. The van der Waals surface area contributed by atoms with Crippen LogP contribution < -0.4 is 11.1 Å². The molecule has 0 amide bonds. The highest BCUT2D eigenvalue weighted by atomic mass is 79.9. The van der Waals surface area contributed by atoms with Gasteiger partial charge in [0, 0.05) is 11.0 Å². The molecule has 3 N–H and O–H groups in total. The Morgan fingerprint density at radius 2 is 2.33 bits per heavy atom. The van der Waals surface area contributed by atoms with E-state index < -0.39 is 0 Å². The van der Waals surface area contributed by atoms with Crippen LogP contribution in [0.2, 0.25) is 0 Å². The maximum Gasteiger partial charge on any atom is 0.126 e. The van der Waals surface area contributed by atoms with Crippen LogP contribution >= 0.6 is 15.9 Å². The van der Waals surface area contributed by atoms with Gasteiger partial charge in [-0.2, -0.15) is 0 Å². The van der Waals surface area contributed by atoms with Crippen molar-refractivity contribution in [2.45, 2.75) is 45.1 Å². The summed E-state index contributed by atoms with van der Waals surface area (Å²) in [6.07, 6.45) is 4.85. The Balaban J connectivity index is 2.16. The lowest BCUT2D eigenvalue weighted by Crippen LogP contribution is -2.48. The highest BCUT2D eigenvalue weighted by Crippen LogP contribution is 2.34. The fourth-order valence-electron chi connectivity index (χ4n) is 2.90. The normalized spacial score (nSPS) is 28.1. The van der Waals surface area contributed by atoms with E-state index in [0.29, 0.717) is 6.54 Å². The SMILES string of the molecule is Cc1nc(NC2(CN)CCCC(C)C2)ccc1Br. The van der Waals surface area contributed by atoms with Gasteiger partial charge in [0.05, 0.1) is 11.2 Å². The molecule has 100 valence electrons. The summed E-state index contributed by atoms with van der Waals surface area (Å²) in [6.45, 7) is 4.99. The van der Waals surface area contributed by atoms with Gasteiger partial charge < -0.3 is 11.1 Å². The minimum atomic E-state index is 0.0327. The van der Waals surface area contributed by atoms with Gasteiger partial charge in [0.15, 0.2) is 0 Å². The molecule has 0 aliphatic heterocycles. The van der Waals surface area contributed by atoms with E-state index in [9.17, 15) is 0 Å². The number of halogens is 1. The van der Waals surface area contributed by atoms with Crippen molar-refractivity contribution in [2.24, 2.45) is 11.7 Å². The second-order valence-corrected chi connectivity index (χ2v) is 6.43. The van der Waals surface area contributed by atoms with E-state index in [0.717, 1.165) is 34.7 Å². The Morgan fingerprint density at radius 3 is 2.94 bits per heavy atom. The Labute approximate surface area is 118 Å². The smallest absolute Gasteiger partial charge is 0.126 e. The maximum atomic E-state index is 6.02. The molecular formula is C14H22BrN3. The summed E-state index contributed by atoms with van der Waals surface area (Å²) in [5.41, 5.74) is 7.06. The Bertz CT molecular complexity index is 422. The average Bonchev–Trinajstić information content (AvgIpc) is 2.34. The second-order valence-electron chi connectivity index (χ2n) is 5.57. The summed E-state index contributed by atoms with van der Waals surface area (Å²) >= 11 is 3.48. The van der Waals surface area contributed by atoms with Crippen molar-refractivity contribution in [3.8, 4) is 0 Å². The van der Waals surface area contributed by atoms with E-state index in [1.807, 2.05) is 19.1 Å². The van der Waals surface area contributed by atoms with Crippen molar-refractivity contribution in [3.63, 3.8) is 0 Å². The monoisotopic (exact) mass is 311 g/mol. The van der Waals surface area contributed by atoms with E-state index in [1.165, 1.54) is 12.8 Å². The third-order valence-corrected chi connectivity index (χ3v) is 4.73. The number of aryl methyl sites for hydroxylation is 1. The largest absolute Gasteiger partial charge is 0.363 e. The average molecular weight is 312 g/mol. The Morgan fingerprint density at radius 1 is 1.56 bits per heavy atom. The van der Waals surface area contributed by atoms with Crippen LogP contribution in [0.1, 0.15) is 38.3 Å². The van der Waals surface area contributed by atoms with Crippen LogP contribution in [0.3, 0.4) is 0 Å². The van der Waals surface area contributed by atoms with Gasteiger partial charge in [0.25, 0.3) is 0 Å². The first-order chi connectivity index (χ1) is 8.54. The molecule has 3 nitrogen and oxygen atoms in total. The van der Waals surface area contributed by atoms with Gasteiger partial charge >= 0.3 is 0 Å². The van der Waals surface area contributed by atoms with Gasteiger partial charge in [0.1, 0.15) is 5.82 Å². The summed E-state index contributed by atoms with van der Waals surface area (Å²) in [7, 11) is 0. The highest BCUT2D eigenvalue weighted by molar-refractivity contribution is 9.10. The maximum absolute atomic E-state index is 6.02. The van der Waals surface area contributed by atoms with E-state index in [1.54, 1.807) is 0 Å². The summed E-state index contributed by atoms with van der Waals surface area (Å²) in [4.78, 5) is 4.57. The van der Waals surface area contributed by atoms with Crippen molar-refractivity contribution in [1.29, 1.82) is 0 Å². The van der Waals surface area contributed by atoms with E-state index in [4.69, 9.17) is 5.73 Å². The van der Waals surface area contributed by atoms with Crippen molar-refractivity contribution in [3.05, 3.63) is 22.3 Å². The predicted octanol–water partition coefficient (Wildman–Crippen LogP) is 3.47. The molecule has 2 atom stereocenters. The van der Waals surface area contributed by atoms with E-state index in [2.05, 4.69) is 33.2 Å². The number of nitrogens with one attached hydrogen (secondary N) is 1. The van der Waals surface area contributed by atoms with Crippen LogP contribution in [0.15, 0.2) is 16.6 Å².